The molecule has 2 nitrogen and oxygen atoms in total. The van der Waals surface area contributed by atoms with Gasteiger partial charge in [0.2, 0.25) is 0 Å². The molecule has 1 aromatic carbocycles. The van der Waals surface area contributed by atoms with E-state index < -0.39 is 0 Å². The summed E-state index contributed by atoms with van der Waals surface area (Å²) in [6.45, 7) is 9.18. The van der Waals surface area contributed by atoms with Crippen LogP contribution in [0.25, 0.3) is 0 Å². The Labute approximate surface area is 118 Å². The topological polar surface area (TPSA) is 15.3 Å². The number of benzene rings is 1. The normalized spacial score (nSPS) is 11.6. The summed E-state index contributed by atoms with van der Waals surface area (Å²) in [6.07, 6.45) is 6.40. The SMILES string of the molecule is C#CCN(C)Cc1ccccc1CCNC(C)(C)C. The third kappa shape index (κ3) is 6.42. The standard InChI is InChI=1S/C17H26N2/c1-6-13-19(5)14-16-10-8-7-9-15(16)11-12-18-17(2,3)4/h1,7-10,18H,11-14H2,2-5H3. The predicted octanol–water partition coefficient (Wildman–Crippen LogP) is 2.68. The molecular weight excluding hydrogens is 232 g/mol. The molecule has 0 heterocycles. The average Bonchev–Trinajstić information content (AvgIpc) is 2.30. The zero-order valence-electron chi connectivity index (χ0n) is 12.7. The number of rotatable bonds is 6. The van der Waals surface area contributed by atoms with Crippen LogP contribution in [0.2, 0.25) is 0 Å². The molecule has 0 radical (unpaired) electrons. The molecule has 1 rings (SSSR count). The molecule has 0 aromatic heterocycles. The lowest BCUT2D eigenvalue weighted by Gasteiger charge is -2.21. The van der Waals surface area contributed by atoms with Crippen molar-refractivity contribution >= 4 is 0 Å². The van der Waals surface area contributed by atoms with E-state index in [0.29, 0.717) is 6.54 Å². The summed E-state index contributed by atoms with van der Waals surface area (Å²) in [4.78, 5) is 2.16. The van der Waals surface area contributed by atoms with Gasteiger partial charge in [0.25, 0.3) is 0 Å². The first-order valence-corrected chi connectivity index (χ1v) is 6.86. The van der Waals surface area contributed by atoms with Crippen LogP contribution in [0.4, 0.5) is 0 Å². The van der Waals surface area contributed by atoms with Crippen molar-refractivity contribution in [2.75, 3.05) is 20.1 Å². The molecule has 104 valence electrons. The van der Waals surface area contributed by atoms with Crippen LogP contribution in [-0.2, 0) is 13.0 Å². The first-order chi connectivity index (χ1) is 8.92. The first kappa shape index (κ1) is 15.8. The van der Waals surface area contributed by atoms with E-state index in [0.717, 1.165) is 19.5 Å². The number of hydrogen-bond donors (Lipinski definition) is 1. The summed E-state index contributed by atoms with van der Waals surface area (Å²) in [6, 6.07) is 8.61. The molecule has 1 N–H and O–H groups in total. The van der Waals surface area contributed by atoms with Gasteiger partial charge < -0.3 is 5.32 Å². The molecule has 0 unspecified atom stereocenters. The minimum atomic E-state index is 0.176. The lowest BCUT2D eigenvalue weighted by molar-refractivity contribution is 0.367. The molecule has 0 saturated heterocycles. The van der Waals surface area contributed by atoms with E-state index in [2.05, 4.69) is 68.2 Å². The highest BCUT2D eigenvalue weighted by Gasteiger charge is 2.09. The number of nitrogens with one attached hydrogen (secondary N) is 1. The maximum Gasteiger partial charge on any atom is 0.0599 e. The van der Waals surface area contributed by atoms with Gasteiger partial charge in [-0.15, -0.1) is 6.42 Å². The molecule has 0 spiro atoms. The third-order valence-electron chi connectivity index (χ3n) is 2.97. The highest BCUT2D eigenvalue weighted by Crippen LogP contribution is 2.12. The molecule has 0 atom stereocenters. The molecule has 0 amide bonds. The van der Waals surface area contributed by atoms with Gasteiger partial charge in [-0.2, -0.15) is 0 Å². The second-order valence-electron chi connectivity index (χ2n) is 6.07. The monoisotopic (exact) mass is 258 g/mol. The van der Waals surface area contributed by atoms with Gasteiger partial charge in [0.1, 0.15) is 0 Å². The van der Waals surface area contributed by atoms with E-state index >= 15 is 0 Å². The van der Waals surface area contributed by atoms with Crippen LogP contribution in [0.3, 0.4) is 0 Å². The minimum Gasteiger partial charge on any atom is -0.312 e. The molecule has 0 bridgehead atoms. The second-order valence-corrected chi connectivity index (χ2v) is 6.07. The second kappa shape index (κ2) is 7.33. The van der Waals surface area contributed by atoms with Crippen LogP contribution >= 0.6 is 0 Å². The molecule has 19 heavy (non-hydrogen) atoms. The molecule has 0 aliphatic carbocycles. The Morgan fingerprint density at radius 3 is 2.42 bits per heavy atom. The van der Waals surface area contributed by atoms with Crippen molar-refractivity contribution < 1.29 is 0 Å². The van der Waals surface area contributed by atoms with Crippen molar-refractivity contribution in [3.63, 3.8) is 0 Å². The Bertz CT molecular complexity index is 424. The fraction of sp³-hybridized carbons (Fsp3) is 0.529. The largest absolute Gasteiger partial charge is 0.312 e. The van der Waals surface area contributed by atoms with Crippen molar-refractivity contribution in [1.82, 2.24) is 10.2 Å². The zero-order chi connectivity index (χ0) is 14.3. The molecular formula is C17H26N2. The minimum absolute atomic E-state index is 0.176. The highest BCUT2D eigenvalue weighted by molar-refractivity contribution is 5.27. The van der Waals surface area contributed by atoms with Crippen LogP contribution < -0.4 is 5.32 Å². The Morgan fingerprint density at radius 1 is 1.21 bits per heavy atom. The van der Waals surface area contributed by atoms with Gasteiger partial charge in [-0.1, -0.05) is 30.2 Å². The van der Waals surface area contributed by atoms with Gasteiger partial charge in [0, 0.05) is 12.1 Å². The van der Waals surface area contributed by atoms with Gasteiger partial charge in [0.05, 0.1) is 6.54 Å². The fourth-order valence-corrected chi connectivity index (χ4v) is 2.03. The van der Waals surface area contributed by atoms with E-state index in [1.807, 2.05) is 0 Å². The zero-order valence-corrected chi connectivity index (χ0v) is 12.7. The van der Waals surface area contributed by atoms with Crippen LogP contribution in [-0.4, -0.2) is 30.6 Å². The van der Waals surface area contributed by atoms with Gasteiger partial charge in [-0.05, 0) is 51.9 Å². The third-order valence-corrected chi connectivity index (χ3v) is 2.97. The summed E-state index contributed by atoms with van der Waals surface area (Å²) in [7, 11) is 2.06. The summed E-state index contributed by atoms with van der Waals surface area (Å²) in [5, 5.41) is 3.53. The van der Waals surface area contributed by atoms with Gasteiger partial charge in [0.15, 0.2) is 0 Å². The van der Waals surface area contributed by atoms with Crippen LogP contribution in [0.5, 0.6) is 0 Å². The Balaban J connectivity index is 2.61. The van der Waals surface area contributed by atoms with E-state index in [9.17, 15) is 0 Å². The predicted molar refractivity (Wildman–Crippen MR) is 83.1 cm³/mol. The molecule has 0 aliphatic heterocycles. The molecule has 2 heteroatoms. The summed E-state index contributed by atoms with van der Waals surface area (Å²) in [5.41, 5.74) is 2.95. The quantitative estimate of drug-likeness (QED) is 0.789. The van der Waals surface area contributed by atoms with E-state index in [1.165, 1.54) is 11.1 Å². The van der Waals surface area contributed by atoms with E-state index in [1.54, 1.807) is 0 Å². The maximum absolute atomic E-state index is 5.35. The molecule has 0 fully saturated rings. The van der Waals surface area contributed by atoms with Gasteiger partial charge in [-0.25, -0.2) is 0 Å². The van der Waals surface area contributed by atoms with Crippen molar-refractivity contribution in [1.29, 1.82) is 0 Å². The molecule has 0 saturated carbocycles. The Hall–Kier alpha value is -1.30. The lowest BCUT2D eigenvalue weighted by atomic mass is 10.0. The Morgan fingerprint density at radius 2 is 1.84 bits per heavy atom. The summed E-state index contributed by atoms with van der Waals surface area (Å²) in [5.74, 6) is 2.68. The Kier molecular flexibility index (Phi) is 6.08. The van der Waals surface area contributed by atoms with E-state index in [-0.39, 0.29) is 5.54 Å². The number of hydrogen-bond acceptors (Lipinski definition) is 2. The van der Waals surface area contributed by atoms with Crippen molar-refractivity contribution in [2.24, 2.45) is 0 Å². The maximum atomic E-state index is 5.35. The van der Waals surface area contributed by atoms with Crippen molar-refractivity contribution in [3.05, 3.63) is 35.4 Å². The first-order valence-electron chi connectivity index (χ1n) is 6.86. The van der Waals surface area contributed by atoms with Crippen LogP contribution in [0.1, 0.15) is 31.9 Å². The summed E-state index contributed by atoms with van der Waals surface area (Å²) < 4.78 is 0. The van der Waals surface area contributed by atoms with Gasteiger partial charge in [-0.3, -0.25) is 4.90 Å². The molecule has 0 aliphatic rings. The summed E-state index contributed by atoms with van der Waals surface area (Å²) >= 11 is 0. The number of nitrogens with zero attached hydrogens (tertiary/aromatic N) is 1. The van der Waals surface area contributed by atoms with E-state index in [4.69, 9.17) is 6.42 Å². The number of terminal acetylenes is 1. The fourth-order valence-electron chi connectivity index (χ4n) is 2.03. The van der Waals surface area contributed by atoms with Crippen LogP contribution in [0, 0.1) is 12.3 Å². The van der Waals surface area contributed by atoms with Gasteiger partial charge >= 0.3 is 0 Å². The average molecular weight is 258 g/mol. The molecule has 1 aromatic rings. The lowest BCUT2D eigenvalue weighted by Crippen LogP contribution is -2.37. The highest BCUT2D eigenvalue weighted by atomic mass is 15.1. The van der Waals surface area contributed by atoms with Crippen LogP contribution in [0.15, 0.2) is 24.3 Å². The van der Waals surface area contributed by atoms with Crippen molar-refractivity contribution in [2.45, 2.75) is 39.3 Å². The smallest absolute Gasteiger partial charge is 0.0599 e. The van der Waals surface area contributed by atoms with Crippen molar-refractivity contribution in [3.8, 4) is 12.3 Å².